The van der Waals surface area contributed by atoms with Crippen LogP contribution >= 0.6 is 11.6 Å². The maximum atomic E-state index is 13.1. The molecule has 1 aromatic heterocycles. The minimum absolute atomic E-state index is 0.00909. The molecule has 0 radical (unpaired) electrons. The molecular formula is C21H20ClN3O3. The van der Waals surface area contributed by atoms with Crippen molar-refractivity contribution in [3.8, 4) is 5.75 Å². The highest BCUT2D eigenvalue weighted by Crippen LogP contribution is 2.34. The quantitative estimate of drug-likeness (QED) is 0.719. The van der Waals surface area contributed by atoms with Gasteiger partial charge in [0.1, 0.15) is 11.4 Å². The maximum Gasteiger partial charge on any atom is 0.272 e. The SMILES string of the molecule is CCn1c(C(=O)Nc2ccc3c(c2)OCC(=O)N3C)c(C)c2cc(Cl)ccc21. The van der Waals surface area contributed by atoms with Gasteiger partial charge in [-0.05, 0) is 49.7 Å². The monoisotopic (exact) mass is 397 g/mol. The Hall–Kier alpha value is -2.99. The lowest BCUT2D eigenvalue weighted by molar-refractivity contribution is -0.120. The van der Waals surface area contributed by atoms with Crippen molar-refractivity contribution in [2.24, 2.45) is 0 Å². The van der Waals surface area contributed by atoms with E-state index in [0.717, 1.165) is 16.5 Å². The molecule has 2 amide bonds. The molecule has 1 aliphatic rings. The first kappa shape index (κ1) is 18.4. The molecule has 1 aliphatic heterocycles. The number of halogens is 1. The second-order valence-corrected chi connectivity index (χ2v) is 7.19. The van der Waals surface area contributed by atoms with Crippen molar-refractivity contribution >= 4 is 45.7 Å². The van der Waals surface area contributed by atoms with Crippen LogP contribution < -0.4 is 15.0 Å². The lowest BCUT2D eigenvalue weighted by Crippen LogP contribution is -2.35. The second kappa shape index (κ2) is 6.87. The van der Waals surface area contributed by atoms with Gasteiger partial charge >= 0.3 is 0 Å². The van der Waals surface area contributed by atoms with Gasteiger partial charge in [0.15, 0.2) is 6.61 Å². The normalized spacial score (nSPS) is 13.4. The summed E-state index contributed by atoms with van der Waals surface area (Å²) in [5, 5.41) is 4.56. The Kier molecular flexibility index (Phi) is 4.51. The van der Waals surface area contributed by atoms with E-state index in [1.807, 2.05) is 36.6 Å². The number of hydrogen-bond donors (Lipinski definition) is 1. The van der Waals surface area contributed by atoms with Crippen LogP contribution in [0.15, 0.2) is 36.4 Å². The maximum absolute atomic E-state index is 13.1. The fraction of sp³-hybridized carbons (Fsp3) is 0.238. The van der Waals surface area contributed by atoms with Gasteiger partial charge in [0.25, 0.3) is 11.8 Å². The Balaban J connectivity index is 1.70. The highest BCUT2D eigenvalue weighted by Gasteiger charge is 2.24. The fourth-order valence-corrected chi connectivity index (χ4v) is 3.83. The number of aryl methyl sites for hydroxylation is 2. The molecule has 7 heteroatoms. The molecule has 2 aromatic carbocycles. The molecule has 3 aromatic rings. The first-order chi connectivity index (χ1) is 13.4. The van der Waals surface area contributed by atoms with Gasteiger partial charge < -0.3 is 19.5 Å². The molecule has 1 N–H and O–H groups in total. The third-order valence-corrected chi connectivity index (χ3v) is 5.35. The molecule has 0 saturated carbocycles. The molecule has 0 bridgehead atoms. The molecule has 0 unspecified atom stereocenters. The van der Waals surface area contributed by atoms with Crippen molar-refractivity contribution < 1.29 is 14.3 Å². The number of carbonyl (C=O) groups is 2. The van der Waals surface area contributed by atoms with Crippen LogP contribution in [0.1, 0.15) is 23.0 Å². The number of hydrogen-bond acceptors (Lipinski definition) is 3. The summed E-state index contributed by atoms with van der Waals surface area (Å²) in [7, 11) is 1.70. The Morgan fingerprint density at radius 2 is 2.04 bits per heavy atom. The first-order valence-electron chi connectivity index (χ1n) is 9.03. The minimum Gasteiger partial charge on any atom is -0.481 e. The summed E-state index contributed by atoms with van der Waals surface area (Å²) >= 11 is 6.14. The van der Waals surface area contributed by atoms with Gasteiger partial charge in [-0.25, -0.2) is 0 Å². The predicted octanol–water partition coefficient (Wildman–Crippen LogP) is 4.23. The number of carbonyl (C=O) groups excluding carboxylic acids is 2. The third-order valence-electron chi connectivity index (χ3n) is 5.11. The smallest absolute Gasteiger partial charge is 0.272 e. The van der Waals surface area contributed by atoms with Crippen molar-refractivity contribution in [2.75, 3.05) is 23.9 Å². The largest absolute Gasteiger partial charge is 0.481 e. The average Bonchev–Trinajstić information content (AvgIpc) is 2.96. The number of fused-ring (bicyclic) bond motifs is 2. The van der Waals surface area contributed by atoms with Gasteiger partial charge in [-0.3, -0.25) is 9.59 Å². The van der Waals surface area contributed by atoms with Crippen molar-refractivity contribution in [1.29, 1.82) is 0 Å². The van der Waals surface area contributed by atoms with Crippen molar-refractivity contribution in [2.45, 2.75) is 20.4 Å². The molecular weight excluding hydrogens is 378 g/mol. The topological polar surface area (TPSA) is 63.6 Å². The van der Waals surface area contributed by atoms with Crippen LogP contribution in [0.3, 0.4) is 0 Å². The van der Waals surface area contributed by atoms with Gasteiger partial charge in [-0.1, -0.05) is 11.6 Å². The van der Waals surface area contributed by atoms with Crippen LogP contribution in [0.5, 0.6) is 5.75 Å². The van der Waals surface area contributed by atoms with Gasteiger partial charge in [0.05, 0.1) is 5.69 Å². The Morgan fingerprint density at radius 3 is 2.79 bits per heavy atom. The van der Waals surface area contributed by atoms with E-state index in [9.17, 15) is 9.59 Å². The number of nitrogens with one attached hydrogen (secondary N) is 1. The molecule has 2 heterocycles. The number of anilines is 2. The van der Waals surface area contributed by atoms with Gasteiger partial charge in [0, 0.05) is 41.3 Å². The zero-order valence-corrected chi connectivity index (χ0v) is 16.6. The fourth-order valence-electron chi connectivity index (χ4n) is 3.66. The van der Waals surface area contributed by atoms with Crippen LogP contribution in [0, 0.1) is 6.92 Å². The van der Waals surface area contributed by atoms with Crippen molar-refractivity contribution in [1.82, 2.24) is 4.57 Å². The minimum atomic E-state index is -0.202. The molecule has 144 valence electrons. The summed E-state index contributed by atoms with van der Waals surface area (Å²) in [5.41, 5.74) is 3.75. The van der Waals surface area contributed by atoms with Gasteiger partial charge in [-0.15, -0.1) is 0 Å². The molecule has 0 spiro atoms. The molecule has 0 atom stereocenters. The number of amides is 2. The van der Waals surface area contributed by atoms with Crippen molar-refractivity contribution in [3.63, 3.8) is 0 Å². The van der Waals surface area contributed by atoms with Crippen LogP contribution in [-0.2, 0) is 11.3 Å². The summed E-state index contributed by atoms with van der Waals surface area (Å²) in [6.07, 6.45) is 0. The number of aromatic nitrogens is 1. The van der Waals surface area contributed by atoms with Gasteiger partial charge in [0.2, 0.25) is 0 Å². The zero-order chi connectivity index (χ0) is 20.0. The highest BCUT2D eigenvalue weighted by molar-refractivity contribution is 6.31. The lowest BCUT2D eigenvalue weighted by atomic mass is 10.1. The van der Waals surface area contributed by atoms with E-state index in [4.69, 9.17) is 16.3 Å². The summed E-state index contributed by atoms with van der Waals surface area (Å²) in [6.45, 7) is 4.58. The first-order valence-corrected chi connectivity index (χ1v) is 9.41. The number of rotatable bonds is 3. The van der Waals surface area contributed by atoms with Crippen LogP contribution in [0.4, 0.5) is 11.4 Å². The zero-order valence-electron chi connectivity index (χ0n) is 15.9. The van der Waals surface area contributed by atoms with E-state index in [-0.39, 0.29) is 18.4 Å². The van der Waals surface area contributed by atoms with Crippen molar-refractivity contribution in [3.05, 3.63) is 52.7 Å². The number of nitrogens with zero attached hydrogens (tertiary/aromatic N) is 2. The standard InChI is InChI=1S/C21H20ClN3O3/c1-4-25-16-7-5-13(22)9-15(16)12(2)20(25)21(27)23-14-6-8-17-18(10-14)28-11-19(26)24(17)3/h5-10H,4,11H2,1-3H3,(H,23,27). The highest BCUT2D eigenvalue weighted by atomic mass is 35.5. The Labute approximate surface area is 167 Å². The van der Waals surface area contributed by atoms with E-state index in [1.54, 1.807) is 30.1 Å². The van der Waals surface area contributed by atoms with E-state index >= 15 is 0 Å². The van der Waals surface area contributed by atoms with Crippen LogP contribution in [0.2, 0.25) is 5.02 Å². The summed E-state index contributed by atoms with van der Waals surface area (Å²) in [6, 6.07) is 10.9. The summed E-state index contributed by atoms with van der Waals surface area (Å²) in [5.74, 6) is 0.261. The van der Waals surface area contributed by atoms with Crippen LogP contribution in [0.25, 0.3) is 10.9 Å². The van der Waals surface area contributed by atoms with E-state index in [1.165, 1.54) is 0 Å². The second-order valence-electron chi connectivity index (χ2n) is 6.76. The third kappa shape index (κ3) is 2.90. The molecule has 6 nitrogen and oxygen atoms in total. The van der Waals surface area contributed by atoms with Gasteiger partial charge in [-0.2, -0.15) is 0 Å². The average molecular weight is 398 g/mol. The predicted molar refractivity (Wildman–Crippen MR) is 111 cm³/mol. The summed E-state index contributed by atoms with van der Waals surface area (Å²) in [4.78, 5) is 26.4. The Bertz CT molecular complexity index is 1120. The summed E-state index contributed by atoms with van der Waals surface area (Å²) < 4.78 is 7.49. The van der Waals surface area contributed by atoms with Crippen LogP contribution in [-0.4, -0.2) is 30.0 Å². The Morgan fingerprint density at radius 1 is 1.25 bits per heavy atom. The molecule has 0 aliphatic carbocycles. The number of likely N-dealkylation sites (N-methyl/N-ethyl adjacent to an activating group) is 1. The molecule has 4 rings (SSSR count). The number of ether oxygens (including phenoxy) is 1. The molecule has 28 heavy (non-hydrogen) atoms. The lowest BCUT2D eigenvalue weighted by Gasteiger charge is -2.26. The number of benzene rings is 2. The molecule has 0 saturated heterocycles. The van der Waals surface area contributed by atoms with E-state index in [2.05, 4.69) is 5.32 Å². The van der Waals surface area contributed by atoms with E-state index in [0.29, 0.717) is 34.4 Å². The van der Waals surface area contributed by atoms with E-state index < -0.39 is 0 Å². The molecule has 0 fully saturated rings.